The molecule has 1 atom stereocenters. The summed E-state index contributed by atoms with van der Waals surface area (Å²) in [6, 6.07) is 0.398. The van der Waals surface area contributed by atoms with Crippen molar-refractivity contribution in [3.63, 3.8) is 0 Å². The van der Waals surface area contributed by atoms with Gasteiger partial charge in [-0.1, -0.05) is 19.3 Å². The van der Waals surface area contributed by atoms with Crippen molar-refractivity contribution in [1.82, 2.24) is 4.90 Å². The smallest absolute Gasteiger partial charge is 0.0595 e. The highest BCUT2D eigenvalue weighted by Gasteiger charge is 2.25. The van der Waals surface area contributed by atoms with Gasteiger partial charge in [-0.2, -0.15) is 0 Å². The molecular formula is C14H28N2O. The molecule has 2 aliphatic rings. The van der Waals surface area contributed by atoms with E-state index >= 15 is 0 Å². The highest BCUT2D eigenvalue weighted by Crippen LogP contribution is 2.26. The number of likely N-dealkylation sites (tertiary alicyclic amines) is 1. The van der Waals surface area contributed by atoms with Crippen LogP contribution in [0, 0.1) is 5.92 Å². The maximum atomic E-state index is 6.37. The summed E-state index contributed by atoms with van der Waals surface area (Å²) in [6.45, 7) is 3.43. The van der Waals surface area contributed by atoms with E-state index in [1.165, 1.54) is 58.0 Å². The van der Waals surface area contributed by atoms with E-state index in [1.54, 1.807) is 0 Å². The highest BCUT2D eigenvalue weighted by atomic mass is 16.5. The van der Waals surface area contributed by atoms with Crippen molar-refractivity contribution in [2.75, 3.05) is 26.7 Å². The number of ether oxygens (including phenoxy) is 1. The van der Waals surface area contributed by atoms with E-state index in [0.717, 1.165) is 12.5 Å². The quantitative estimate of drug-likeness (QED) is 0.817. The van der Waals surface area contributed by atoms with Gasteiger partial charge in [-0.25, -0.2) is 0 Å². The minimum absolute atomic E-state index is 0.398. The molecule has 3 nitrogen and oxygen atoms in total. The van der Waals surface area contributed by atoms with E-state index in [4.69, 9.17) is 10.5 Å². The van der Waals surface area contributed by atoms with Gasteiger partial charge in [0.15, 0.2) is 0 Å². The van der Waals surface area contributed by atoms with Gasteiger partial charge < -0.3 is 15.4 Å². The number of rotatable bonds is 4. The van der Waals surface area contributed by atoms with Crippen LogP contribution in [0.4, 0.5) is 0 Å². The molecule has 100 valence electrons. The molecule has 0 aromatic heterocycles. The third-order valence-electron chi connectivity index (χ3n) is 4.59. The molecule has 2 fully saturated rings. The van der Waals surface area contributed by atoms with Crippen LogP contribution in [0.3, 0.4) is 0 Å². The minimum Gasteiger partial charge on any atom is -0.381 e. The number of nitrogens with zero attached hydrogens (tertiary/aromatic N) is 1. The Morgan fingerprint density at radius 1 is 1.12 bits per heavy atom. The minimum atomic E-state index is 0.398. The average Bonchev–Trinajstić information content (AvgIpc) is 2.40. The molecule has 1 unspecified atom stereocenters. The van der Waals surface area contributed by atoms with Gasteiger partial charge in [-0.15, -0.1) is 0 Å². The fraction of sp³-hybridized carbons (Fsp3) is 1.00. The first-order valence-corrected chi connectivity index (χ1v) is 7.30. The Hall–Kier alpha value is -0.120. The normalized spacial score (nSPS) is 27.2. The molecule has 17 heavy (non-hydrogen) atoms. The topological polar surface area (TPSA) is 38.5 Å². The molecular weight excluding hydrogens is 212 g/mol. The molecule has 0 aromatic rings. The Morgan fingerprint density at radius 3 is 2.35 bits per heavy atom. The van der Waals surface area contributed by atoms with Crippen LogP contribution in [0.1, 0.15) is 44.9 Å². The number of methoxy groups -OCH3 is 1. The number of hydrogen-bond acceptors (Lipinski definition) is 3. The molecule has 1 heterocycles. The first-order chi connectivity index (χ1) is 8.29. The Labute approximate surface area is 106 Å². The molecule has 0 amide bonds. The van der Waals surface area contributed by atoms with Crippen LogP contribution in [0.2, 0.25) is 0 Å². The predicted octanol–water partition coefficient (Wildman–Crippen LogP) is 2.00. The largest absolute Gasteiger partial charge is 0.381 e. The van der Waals surface area contributed by atoms with Crippen molar-refractivity contribution in [2.45, 2.75) is 57.1 Å². The number of hydrogen-bond donors (Lipinski definition) is 1. The third kappa shape index (κ3) is 3.94. The first kappa shape index (κ1) is 13.3. The lowest BCUT2D eigenvalue weighted by Gasteiger charge is -2.35. The molecule has 1 saturated carbocycles. The van der Waals surface area contributed by atoms with Gasteiger partial charge >= 0.3 is 0 Å². The van der Waals surface area contributed by atoms with Crippen LogP contribution in [0.5, 0.6) is 0 Å². The van der Waals surface area contributed by atoms with E-state index in [-0.39, 0.29) is 0 Å². The summed E-state index contributed by atoms with van der Waals surface area (Å²) in [7, 11) is 1.83. The molecule has 1 aliphatic heterocycles. The average molecular weight is 240 g/mol. The standard InChI is InChI=1S/C14H28N2O/c1-17-13-7-9-16(10-8-13)11-14(15)12-5-3-2-4-6-12/h12-14H,2-11,15H2,1H3. The van der Waals surface area contributed by atoms with Gasteiger partial charge in [0.1, 0.15) is 0 Å². The van der Waals surface area contributed by atoms with E-state index in [0.29, 0.717) is 12.1 Å². The van der Waals surface area contributed by atoms with Crippen LogP contribution in [-0.2, 0) is 4.74 Å². The second-order valence-electron chi connectivity index (χ2n) is 5.80. The van der Waals surface area contributed by atoms with Crippen LogP contribution in [0.25, 0.3) is 0 Å². The highest BCUT2D eigenvalue weighted by molar-refractivity contribution is 4.81. The molecule has 1 saturated heterocycles. The zero-order valence-electron chi connectivity index (χ0n) is 11.2. The van der Waals surface area contributed by atoms with Crippen LogP contribution < -0.4 is 5.73 Å². The number of nitrogens with two attached hydrogens (primary N) is 1. The summed E-state index contributed by atoms with van der Waals surface area (Å²) in [5.41, 5.74) is 6.37. The van der Waals surface area contributed by atoms with Crippen LogP contribution in [0.15, 0.2) is 0 Å². The number of piperidine rings is 1. The van der Waals surface area contributed by atoms with Crippen molar-refractivity contribution in [1.29, 1.82) is 0 Å². The summed E-state index contributed by atoms with van der Waals surface area (Å²) < 4.78 is 5.40. The summed E-state index contributed by atoms with van der Waals surface area (Å²) in [5.74, 6) is 0.781. The van der Waals surface area contributed by atoms with Crippen LogP contribution >= 0.6 is 0 Å². The molecule has 2 rings (SSSR count). The van der Waals surface area contributed by atoms with Crippen molar-refractivity contribution >= 4 is 0 Å². The summed E-state index contributed by atoms with van der Waals surface area (Å²) in [4.78, 5) is 2.54. The monoisotopic (exact) mass is 240 g/mol. The van der Waals surface area contributed by atoms with Gasteiger partial charge in [0.05, 0.1) is 6.10 Å². The predicted molar refractivity (Wildman–Crippen MR) is 71.0 cm³/mol. The lowest BCUT2D eigenvalue weighted by Crippen LogP contribution is -2.46. The molecule has 0 aromatic carbocycles. The molecule has 1 aliphatic carbocycles. The molecule has 2 N–H and O–H groups in total. The van der Waals surface area contributed by atoms with Gasteiger partial charge in [0, 0.05) is 32.8 Å². The zero-order chi connectivity index (χ0) is 12.1. The lowest BCUT2D eigenvalue weighted by molar-refractivity contribution is 0.0369. The van der Waals surface area contributed by atoms with E-state index in [9.17, 15) is 0 Å². The maximum Gasteiger partial charge on any atom is 0.0595 e. The molecule has 0 spiro atoms. The van der Waals surface area contributed by atoms with Crippen LogP contribution in [-0.4, -0.2) is 43.8 Å². The summed E-state index contributed by atoms with van der Waals surface area (Å²) in [5, 5.41) is 0. The van der Waals surface area contributed by atoms with Crippen molar-refractivity contribution in [3.8, 4) is 0 Å². The molecule has 3 heteroatoms. The Balaban J connectivity index is 1.69. The van der Waals surface area contributed by atoms with E-state index in [2.05, 4.69) is 4.90 Å². The fourth-order valence-electron chi connectivity index (χ4n) is 3.34. The van der Waals surface area contributed by atoms with Crippen molar-refractivity contribution < 1.29 is 4.74 Å². The van der Waals surface area contributed by atoms with Gasteiger partial charge in [0.25, 0.3) is 0 Å². The van der Waals surface area contributed by atoms with Crippen molar-refractivity contribution in [2.24, 2.45) is 11.7 Å². The SMILES string of the molecule is COC1CCN(CC(N)C2CCCCC2)CC1. The molecule has 0 bridgehead atoms. The van der Waals surface area contributed by atoms with E-state index in [1.807, 2.05) is 7.11 Å². The van der Waals surface area contributed by atoms with E-state index < -0.39 is 0 Å². The third-order valence-corrected chi connectivity index (χ3v) is 4.59. The summed E-state index contributed by atoms with van der Waals surface area (Å²) >= 11 is 0. The van der Waals surface area contributed by atoms with Crippen molar-refractivity contribution in [3.05, 3.63) is 0 Å². The van der Waals surface area contributed by atoms with Gasteiger partial charge in [-0.05, 0) is 31.6 Å². The Bertz CT molecular complexity index is 208. The Kier molecular flexibility index (Phi) is 5.26. The summed E-state index contributed by atoms with van der Waals surface area (Å²) in [6.07, 6.45) is 9.75. The second kappa shape index (κ2) is 6.72. The van der Waals surface area contributed by atoms with Gasteiger partial charge in [0.2, 0.25) is 0 Å². The molecule has 0 radical (unpaired) electrons. The first-order valence-electron chi connectivity index (χ1n) is 7.30. The zero-order valence-corrected chi connectivity index (χ0v) is 11.2. The maximum absolute atomic E-state index is 6.37. The fourth-order valence-corrected chi connectivity index (χ4v) is 3.34. The van der Waals surface area contributed by atoms with Gasteiger partial charge in [-0.3, -0.25) is 0 Å². The Morgan fingerprint density at radius 2 is 1.76 bits per heavy atom. The lowest BCUT2D eigenvalue weighted by atomic mass is 9.84. The second-order valence-corrected chi connectivity index (χ2v) is 5.80.